The van der Waals surface area contributed by atoms with E-state index in [4.69, 9.17) is 0 Å². The third kappa shape index (κ3) is 4.21. The highest BCUT2D eigenvalue weighted by molar-refractivity contribution is 7.87. The molecule has 1 heterocycles. The first-order valence-corrected chi connectivity index (χ1v) is 10.3. The van der Waals surface area contributed by atoms with Gasteiger partial charge >= 0.3 is 0 Å². The van der Waals surface area contributed by atoms with Crippen molar-refractivity contribution in [1.82, 2.24) is 8.61 Å². The summed E-state index contributed by atoms with van der Waals surface area (Å²) >= 11 is 0. The summed E-state index contributed by atoms with van der Waals surface area (Å²) in [5.74, 6) is -0.329. The number of carbonyl (C=O) groups is 1. The lowest BCUT2D eigenvalue weighted by molar-refractivity contribution is -0.116. The molecule has 0 aromatic heterocycles. The monoisotopic (exact) mass is 387 g/mol. The van der Waals surface area contributed by atoms with Crippen LogP contribution in [0.2, 0.25) is 0 Å². The van der Waals surface area contributed by atoms with Crippen molar-refractivity contribution in [2.24, 2.45) is 0 Å². The summed E-state index contributed by atoms with van der Waals surface area (Å²) < 4.78 is 28.3. The van der Waals surface area contributed by atoms with E-state index in [0.717, 1.165) is 22.3 Å². The van der Waals surface area contributed by atoms with Gasteiger partial charge in [-0.25, -0.2) is 0 Å². The minimum absolute atomic E-state index is 0.181. The van der Waals surface area contributed by atoms with Gasteiger partial charge in [0.1, 0.15) is 0 Å². The second kappa shape index (κ2) is 7.80. The molecule has 6 nitrogen and oxygen atoms in total. The van der Waals surface area contributed by atoms with E-state index in [1.165, 1.54) is 8.61 Å². The van der Waals surface area contributed by atoms with Crippen molar-refractivity contribution in [2.75, 3.05) is 25.0 Å². The first-order chi connectivity index (χ1) is 12.8. The third-order valence-corrected chi connectivity index (χ3v) is 6.99. The van der Waals surface area contributed by atoms with Crippen molar-refractivity contribution in [3.8, 4) is 0 Å². The standard InChI is InChI=1S/C20H25N3O3S/c1-15-8-6-10-19(17(15)3)21-20(24)14-23-12-11-22(27(23,25)26)13-18-9-5-4-7-16(18)2/h4-10H,11-14H2,1-3H3,(H,21,24). The van der Waals surface area contributed by atoms with E-state index in [1.54, 1.807) is 0 Å². The topological polar surface area (TPSA) is 69.7 Å². The SMILES string of the molecule is Cc1ccccc1CN1CCN(CC(=O)Nc2cccc(C)c2C)S1(=O)=O. The molecule has 1 saturated heterocycles. The molecule has 0 unspecified atom stereocenters. The smallest absolute Gasteiger partial charge is 0.282 e. The molecule has 2 aromatic carbocycles. The Morgan fingerprint density at radius 2 is 1.63 bits per heavy atom. The average Bonchev–Trinajstić information content (AvgIpc) is 2.88. The summed E-state index contributed by atoms with van der Waals surface area (Å²) in [4.78, 5) is 12.4. The van der Waals surface area contributed by atoms with Crippen LogP contribution in [0.5, 0.6) is 0 Å². The number of hydrogen-bond donors (Lipinski definition) is 1. The lowest BCUT2D eigenvalue weighted by Gasteiger charge is -2.19. The fraction of sp³-hybridized carbons (Fsp3) is 0.350. The number of nitrogens with zero attached hydrogens (tertiary/aromatic N) is 2. The molecule has 0 aliphatic carbocycles. The van der Waals surface area contributed by atoms with Crippen LogP contribution in [0.15, 0.2) is 42.5 Å². The van der Waals surface area contributed by atoms with E-state index >= 15 is 0 Å². The molecule has 144 valence electrons. The van der Waals surface area contributed by atoms with Crippen LogP contribution < -0.4 is 5.32 Å². The maximum Gasteiger partial charge on any atom is 0.282 e. The highest BCUT2D eigenvalue weighted by atomic mass is 32.2. The van der Waals surface area contributed by atoms with E-state index in [-0.39, 0.29) is 12.5 Å². The van der Waals surface area contributed by atoms with Gasteiger partial charge in [-0.2, -0.15) is 17.0 Å². The van der Waals surface area contributed by atoms with Crippen LogP contribution in [0.4, 0.5) is 5.69 Å². The van der Waals surface area contributed by atoms with Gasteiger partial charge in [0.2, 0.25) is 5.91 Å². The molecule has 2 aromatic rings. The molecule has 3 rings (SSSR count). The second-order valence-electron chi connectivity index (χ2n) is 6.90. The lowest BCUT2D eigenvalue weighted by Crippen LogP contribution is -2.38. The molecular formula is C20H25N3O3S. The first kappa shape index (κ1) is 19.5. The van der Waals surface area contributed by atoms with Crippen LogP contribution >= 0.6 is 0 Å². The molecule has 1 N–H and O–H groups in total. The number of rotatable bonds is 5. The van der Waals surface area contributed by atoms with E-state index in [9.17, 15) is 13.2 Å². The van der Waals surface area contributed by atoms with Crippen LogP contribution in [0.1, 0.15) is 22.3 Å². The van der Waals surface area contributed by atoms with Crippen LogP contribution in [-0.4, -0.2) is 42.6 Å². The second-order valence-corrected chi connectivity index (χ2v) is 8.83. The zero-order valence-corrected chi connectivity index (χ0v) is 16.7. The Morgan fingerprint density at radius 1 is 0.963 bits per heavy atom. The minimum atomic E-state index is -3.64. The fourth-order valence-corrected chi connectivity index (χ4v) is 4.69. The van der Waals surface area contributed by atoms with E-state index in [0.29, 0.717) is 25.3 Å². The van der Waals surface area contributed by atoms with Gasteiger partial charge in [-0.05, 0) is 49.1 Å². The van der Waals surface area contributed by atoms with Gasteiger partial charge in [-0.1, -0.05) is 36.4 Å². The fourth-order valence-electron chi connectivity index (χ4n) is 3.15. The molecule has 7 heteroatoms. The maximum absolute atomic E-state index is 12.8. The molecular weight excluding hydrogens is 362 g/mol. The van der Waals surface area contributed by atoms with Gasteiger partial charge in [0.15, 0.2) is 0 Å². The molecule has 0 atom stereocenters. The van der Waals surface area contributed by atoms with Crippen molar-refractivity contribution < 1.29 is 13.2 Å². The van der Waals surface area contributed by atoms with Gasteiger partial charge in [0.25, 0.3) is 10.2 Å². The summed E-state index contributed by atoms with van der Waals surface area (Å²) in [6.45, 7) is 6.71. The van der Waals surface area contributed by atoms with Crippen molar-refractivity contribution in [3.05, 3.63) is 64.7 Å². The van der Waals surface area contributed by atoms with Crippen molar-refractivity contribution in [1.29, 1.82) is 0 Å². The zero-order chi connectivity index (χ0) is 19.6. The van der Waals surface area contributed by atoms with Crippen molar-refractivity contribution in [2.45, 2.75) is 27.3 Å². The van der Waals surface area contributed by atoms with Gasteiger partial charge in [-0.3, -0.25) is 4.79 Å². The van der Waals surface area contributed by atoms with Crippen molar-refractivity contribution in [3.63, 3.8) is 0 Å². The Bertz CT molecular complexity index is 957. The highest BCUT2D eigenvalue weighted by Gasteiger charge is 2.37. The van der Waals surface area contributed by atoms with Gasteiger partial charge in [-0.15, -0.1) is 0 Å². The molecule has 1 aliphatic rings. The predicted octanol–water partition coefficient (Wildman–Crippen LogP) is 2.61. The van der Waals surface area contributed by atoms with E-state index in [2.05, 4.69) is 5.32 Å². The summed E-state index contributed by atoms with van der Waals surface area (Å²) in [7, 11) is -3.64. The Morgan fingerprint density at radius 3 is 2.37 bits per heavy atom. The van der Waals surface area contributed by atoms with Crippen LogP contribution in [0, 0.1) is 20.8 Å². The molecule has 0 bridgehead atoms. The highest BCUT2D eigenvalue weighted by Crippen LogP contribution is 2.22. The predicted molar refractivity (Wildman–Crippen MR) is 107 cm³/mol. The molecule has 1 fully saturated rings. The number of aryl methyl sites for hydroxylation is 2. The quantitative estimate of drug-likeness (QED) is 0.857. The number of hydrogen-bond acceptors (Lipinski definition) is 3. The third-order valence-electron chi connectivity index (χ3n) is 5.06. The summed E-state index contributed by atoms with van der Waals surface area (Å²) in [5.41, 5.74) is 4.80. The van der Waals surface area contributed by atoms with Crippen molar-refractivity contribution >= 4 is 21.8 Å². The number of amides is 1. The van der Waals surface area contributed by atoms with Gasteiger partial charge < -0.3 is 5.32 Å². The van der Waals surface area contributed by atoms with Crippen LogP contribution in [-0.2, 0) is 21.5 Å². The largest absolute Gasteiger partial charge is 0.325 e. The molecule has 0 radical (unpaired) electrons. The molecule has 27 heavy (non-hydrogen) atoms. The minimum Gasteiger partial charge on any atom is -0.325 e. The number of benzene rings is 2. The number of nitrogens with one attached hydrogen (secondary N) is 1. The van der Waals surface area contributed by atoms with Gasteiger partial charge in [0, 0.05) is 25.3 Å². The number of carbonyl (C=O) groups excluding carboxylic acids is 1. The lowest BCUT2D eigenvalue weighted by atomic mass is 10.1. The molecule has 1 amide bonds. The molecule has 1 aliphatic heterocycles. The Balaban J connectivity index is 1.67. The summed E-state index contributed by atoms with van der Waals surface area (Å²) in [6.07, 6.45) is 0. The maximum atomic E-state index is 12.8. The zero-order valence-electron chi connectivity index (χ0n) is 15.9. The molecule has 0 spiro atoms. The average molecular weight is 388 g/mol. The normalized spacial score (nSPS) is 17.1. The van der Waals surface area contributed by atoms with Crippen LogP contribution in [0.25, 0.3) is 0 Å². The number of anilines is 1. The van der Waals surface area contributed by atoms with Crippen LogP contribution in [0.3, 0.4) is 0 Å². The Kier molecular flexibility index (Phi) is 5.64. The Labute approximate surface area is 161 Å². The summed E-state index contributed by atoms with van der Waals surface area (Å²) in [6, 6.07) is 13.4. The first-order valence-electron chi connectivity index (χ1n) is 8.95. The summed E-state index contributed by atoms with van der Waals surface area (Å²) in [5, 5.41) is 2.83. The molecule has 0 saturated carbocycles. The van der Waals surface area contributed by atoms with E-state index < -0.39 is 10.2 Å². The van der Waals surface area contributed by atoms with E-state index in [1.807, 2.05) is 63.2 Å². The van der Waals surface area contributed by atoms with Gasteiger partial charge in [0.05, 0.1) is 6.54 Å². The Hall–Kier alpha value is -2.22.